The Hall–Kier alpha value is -10.6. The molecule has 768 valence electrons. The number of phenolic OH excluding ortho intramolecular Hbond substituents is 4. The fourth-order valence-electron chi connectivity index (χ4n) is 22.7. The molecule has 4 fully saturated rings. The lowest BCUT2D eigenvalue weighted by Gasteiger charge is -2.50. The monoisotopic (exact) mass is 1950 g/mol. The maximum absolute atomic E-state index is 14.6. The number of unbranched alkanes of at least 4 members (excludes halogenated alkanes) is 1. The van der Waals surface area contributed by atoms with Crippen molar-refractivity contribution in [3.63, 3.8) is 0 Å². The molecule has 0 radical (unpaired) electrons. The van der Waals surface area contributed by atoms with Gasteiger partial charge in [-0.15, -0.1) is 0 Å². The number of rotatable bonds is 33. The lowest BCUT2D eigenvalue weighted by molar-refractivity contribution is -0.0226. The molecule has 6 aromatic carbocycles. The number of hydrogen-bond donors (Lipinski definition) is 15. The Balaban J connectivity index is 0.548. The van der Waals surface area contributed by atoms with Gasteiger partial charge < -0.3 is 117 Å². The van der Waals surface area contributed by atoms with Crippen LogP contribution in [-0.2, 0) is 41.3 Å². The highest BCUT2D eigenvalue weighted by Gasteiger charge is 2.56. The highest BCUT2D eigenvalue weighted by atomic mass is 16.6. The van der Waals surface area contributed by atoms with Gasteiger partial charge in [0.25, 0.3) is 47.3 Å². The van der Waals surface area contributed by atoms with Crippen molar-refractivity contribution in [3.05, 3.63) is 176 Å². The molecule has 14 rings (SSSR count). The summed E-state index contributed by atoms with van der Waals surface area (Å²) in [6.45, 7) is 12.4. The molecule has 6 aliphatic carbocycles. The highest BCUT2D eigenvalue weighted by molar-refractivity contribution is 6.07. The number of nitrogens with zero attached hydrogens (tertiary/aromatic N) is 4. The third-order valence-corrected chi connectivity index (χ3v) is 30.5. The van der Waals surface area contributed by atoms with E-state index in [1.165, 1.54) is 95.1 Å². The molecule has 16 N–H and O–H groups in total. The number of ether oxygens (including phenoxy) is 8. The zero-order valence-electron chi connectivity index (χ0n) is 81.8. The summed E-state index contributed by atoms with van der Waals surface area (Å²) >= 11 is 0. The van der Waals surface area contributed by atoms with Gasteiger partial charge in [0.1, 0.15) is 47.7 Å². The SMILES string of the molecule is C[C@@]12CC[C@H]3c4ccc(OCCOCCOCCOCCN5CCNC(=O)c6cccc(c6O)C(=O)NCCN(CCN6CCNC(=O)c7cccc(c7O)C(=O)NCCN(CCOCCOCCOCCOc7ccc8c(c7)CC[C@@H]7[C@@H]8CC[C@]8(C)[C@@H](O)CC[C@@H]78)CCNC(=O)c7cccc(c7O)C(=O)NCC6)CC(CCCCN)NC(=O)c6cccc(c6O)C(=O)NCC5)cc4CC[C@@H]3[C@H]1CC[C@H]2O. The molecular weight excluding hydrogens is 1810 g/mol. The Kier molecular flexibility index (Phi) is 39.6. The smallest absolute Gasteiger partial charge is 0.255 e. The van der Waals surface area contributed by atoms with Gasteiger partial charge in [-0.25, -0.2) is 0 Å². The van der Waals surface area contributed by atoms with E-state index in [0.717, 1.165) is 88.5 Å². The van der Waals surface area contributed by atoms with Crippen LogP contribution in [-0.4, -0.2) is 339 Å². The first kappa shape index (κ1) is 106. The Bertz CT molecular complexity index is 5100. The molecular formula is C106H147N13O22. The molecule has 8 aliphatic rings. The fraction of sp³-hybridized carbons (Fsp3) is 0.585. The van der Waals surface area contributed by atoms with Gasteiger partial charge in [0.15, 0.2) is 0 Å². The van der Waals surface area contributed by atoms with Crippen molar-refractivity contribution >= 4 is 47.3 Å². The zero-order chi connectivity index (χ0) is 99.2. The number of carbonyl (C=O) groups is 8. The largest absolute Gasteiger partial charge is 0.506 e. The third-order valence-electron chi connectivity index (χ3n) is 30.5. The second-order valence-electron chi connectivity index (χ2n) is 39.1. The van der Waals surface area contributed by atoms with E-state index in [1.807, 2.05) is 19.6 Å². The van der Waals surface area contributed by atoms with Crippen LogP contribution in [0.1, 0.15) is 214 Å². The predicted molar refractivity (Wildman–Crippen MR) is 529 cm³/mol. The Morgan fingerprint density at radius 2 is 0.645 bits per heavy atom. The van der Waals surface area contributed by atoms with E-state index < -0.39 is 76.3 Å². The van der Waals surface area contributed by atoms with Crippen molar-refractivity contribution in [2.75, 3.05) is 223 Å². The number of aliphatic hydroxyl groups is 2. The first-order valence-electron chi connectivity index (χ1n) is 51.0. The van der Waals surface area contributed by atoms with Gasteiger partial charge in [-0.2, -0.15) is 0 Å². The van der Waals surface area contributed by atoms with E-state index in [1.54, 1.807) is 0 Å². The molecule has 141 heavy (non-hydrogen) atoms. The molecule has 35 nitrogen and oxygen atoms in total. The molecule has 8 amide bonds. The summed E-state index contributed by atoms with van der Waals surface area (Å²) in [4.78, 5) is 121. The van der Waals surface area contributed by atoms with Crippen molar-refractivity contribution in [2.45, 2.75) is 140 Å². The summed E-state index contributed by atoms with van der Waals surface area (Å²) in [5.74, 6) is -2.38. The Labute approximate surface area is 826 Å². The van der Waals surface area contributed by atoms with Crippen LogP contribution >= 0.6 is 0 Å². The normalized spacial score (nSPS) is 24.8. The maximum Gasteiger partial charge on any atom is 0.255 e. The minimum atomic E-state index is -0.694. The van der Waals surface area contributed by atoms with E-state index in [4.69, 9.17) is 43.6 Å². The van der Waals surface area contributed by atoms with Crippen LogP contribution in [0.25, 0.3) is 0 Å². The van der Waals surface area contributed by atoms with E-state index in [-0.39, 0.29) is 205 Å². The number of fused-ring (bicyclic) bond motifs is 18. The first-order valence-corrected chi connectivity index (χ1v) is 51.0. The quantitative estimate of drug-likeness (QED) is 0.0187. The molecule has 0 spiro atoms. The molecule has 4 saturated carbocycles. The molecule has 35 heteroatoms. The minimum Gasteiger partial charge on any atom is -0.506 e. The lowest BCUT2D eigenvalue weighted by atomic mass is 9.55. The van der Waals surface area contributed by atoms with Crippen LogP contribution < -0.4 is 57.7 Å². The first-order chi connectivity index (χ1) is 68.5. The molecule has 6 aromatic rings. The maximum atomic E-state index is 14.6. The average Bonchev–Trinajstić information content (AvgIpc) is 1.63. The van der Waals surface area contributed by atoms with Crippen molar-refractivity contribution < 1.29 is 107 Å². The van der Waals surface area contributed by atoms with Crippen LogP contribution in [0.2, 0.25) is 0 Å². The number of para-hydroxylation sites is 4. The van der Waals surface area contributed by atoms with Crippen LogP contribution in [0.5, 0.6) is 34.5 Å². The topological polar surface area (TPSA) is 467 Å². The number of benzene rings is 6. The van der Waals surface area contributed by atoms with Crippen LogP contribution in [0.3, 0.4) is 0 Å². The van der Waals surface area contributed by atoms with Gasteiger partial charge in [-0.05, 0) is 238 Å². The lowest BCUT2D eigenvalue weighted by Crippen LogP contribution is -2.49. The van der Waals surface area contributed by atoms with Gasteiger partial charge in [0.05, 0.1) is 136 Å². The molecule has 0 saturated heterocycles. The number of nitrogens with one attached hydrogen (secondary N) is 8. The summed E-state index contributed by atoms with van der Waals surface area (Å²) in [6, 6.07) is 29.5. The van der Waals surface area contributed by atoms with E-state index >= 15 is 0 Å². The van der Waals surface area contributed by atoms with Gasteiger partial charge in [0.2, 0.25) is 0 Å². The zero-order valence-corrected chi connectivity index (χ0v) is 81.8. The van der Waals surface area contributed by atoms with Crippen molar-refractivity contribution in [1.82, 2.24) is 62.1 Å². The second-order valence-corrected chi connectivity index (χ2v) is 39.1. The molecule has 1 unspecified atom stereocenters. The van der Waals surface area contributed by atoms with Crippen molar-refractivity contribution in [3.8, 4) is 34.5 Å². The van der Waals surface area contributed by atoms with E-state index in [0.29, 0.717) is 140 Å². The van der Waals surface area contributed by atoms with Gasteiger partial charge >= 0.3 is 0 Å². The molecule has 8 bridgehead atoms. The van der Waals surface area contributed by atoms with Gasteiger partial charge in [-0.3, -0.25) is 58.0 Å². The van der Waals surface area contributed by atoms with E-state index in [2.05, 4.69) is 92.8 Å². The van der Waals surface area contributed by atoms with Crippen LogP contribution in [0, 0.1) is 34.5 Å². The number of hydrogen-bond acceptors (Lipinski definition) is 27. The molecule has 2 aliphatic heterocycles. The molecule has 2 heterocycles. The predicted octanol–water partition coefficient (Wildman–Crippen LogP) is 6.87. The molecule has 0 aromatic heterocycles. The Morgan fingerprint density at radius 1 is 0.348 bits per heavy atom. The highest BCUT2D eigenvalue weighted by Crippen LogP contribution is 2.63. The summed E-state index contributed by atoms with van der Waals surface area (Å²) in [6.07, 6.45) is 14.0. The molecule has 11 atom stereocenters. The van der Waals surface area contributed by atoms with E-state index in [9.17, 15) is 69.0 Å². The number of aryl methyl sites for hydroxylation is 2. The Morgan fingerprint density at radius 3 is 0.979 bits per heavy atom. The summed E-state index contributed by atoms with van der Waals surface area (Å²) in [5.41, 5.74) is 10.5. The standard InChI is InChI=1S/C106H147N13O22/c1-105-32-30-77-75-24-20-73(67-70(75)18-22-79(77)89(105)26-28-91(105)120)140-65-63-138-61-59-136-57-55-134-53-51-117-44-37-110-99(128)83-12-5-10-81(93(83)122)97(126)108-35-42-116(43-36-109-98(127)82-11-6-13-84(94(82)123)100(129)111-38-45-117)49-50-119-48-41-114-102(131)86-15-7-14-85(95(86)124)101(130)112-39-46-118(47-40-113-103(132)87-16-8-17-88(96(87)125)104(133)115-72(69-119)9-3-4-34-107)52-54-135-56-58-137-60-62-139-64-66-141-74-21-25-76-71(68-74)19-23-80-78(76)31-33-106(2)90(80)27-29-92(106)121/h5-8,10-17,20-21,24-25,67-68,72,77-80,89-92,120-125H,3-4,9,18-19,22-23,26-66,69,107H2,1-2H3,(H,108,126)(H,109,127)(H,110,128)(H,111,129)(H,112,130)(H,113,132)(H,114,131)(H,115,133)/t72?,77-,78+,79-,80+,89+,90-,91+,92-,105+,106-/m1/s1. The third kappa shape index (κ3) is 28.1. The fourth-order valence-corrected chi connectivity index (χ4v) is 22.7. The second kappa shape index (κ2) is 52.6. The van der Waals surface area contributed by atoms with Gasteiger partial charge in [-0.1, -0.05) is 56.7 Å². The minimum absolute atomic E-state index is 0.0322. The summed E-state index contributed by atoms with van der Waals surface area (Å²) < 4.78 is 47.4. The number of phenols is 4. The average molecular weight is 1960 g/mol. The van der Waals surface area contributed by atoms with Crippen LogP contribution in [0.4, 0.5) is 0 Å². The van der Waals surface area contributed by atoms with Crippen LogP contribution in [0.15, 0.2) is 109 Å². The number of nitrogens with two attached hydrogens (primary N) is 1. The summed E-state index contributed by atoms with van der Waals surface area (Å²) in [7, 11) is 0. The number of aliphatic hydroxyl groups excluding tert-OH is 2. The summed E-state index contributed by atoms with van der Waals surface area (Å²) in [5, 5.41) is 91.4. The number of carbonyl (C=O) groups excluding carboxylic acids is 8. The van der Waals surface area contributed by atoms with Crippen molar-refractivity contribution in [2.24, 2.45) is 40.2 Å². The number of amides is 8. The number of aromatic hydroxyl groups is 4. The van der Waals surface area contributed by atoms with Gasteiger partial charge in [0, 0.05) is 130 Å². The van der Waals surface area contributed by atoms with Crippen molar-refractivity contribution in [1.29, 1.82) is 0 Å².